The summed E-state index contributed by atoms with van der Waals surface area (Å²) in [6, 6.07) is 4.51. The summed E-state index contributed by atoms with van der Waals surface area (Å²) in [5.74, 6) is 1.36. The van der Waals surface area contributed by atoms with Crippen molar-refractivity contribution < 1.29 is 9.18 Å². The molecule has 1 aliphatic rings. The van der Waals surface area contributed by atoms with Gasteiger partial charge in [-0.3, -0.25) is 4.79 Å². The van der Waals surface area contributed by atoms with Gasteiger partial charge in [-0.2, -0.15) is 0 Å². The fourth-order valence-electron chi connectivity index (χ4n) is 3.13. The molecule has 0 aromatic heterocycles. The summed E-state index contributed by atoms with van der Waals surface area (Å²) in [5, 5.41) is 0. The maximum absolute atomic E-state index is 13.3. The van der Waals surface area contributed by atoms with Crippen LogP contribution in [0.5, 0.6) is 0 Å². The minimum Gasteiger partial charge on any atom is -0.294 e. The third-order valence-corrected chi connectivity index (χ3v) is 4.55. The van der Waals surface area contributed by atoms with Crippen LogP contribution in [0.2, 0.25) is 0 Å². The summed E-state index contributed by atoms with van der Waals surface area (Å²) in [6.45, 7) is 6.39. The highest BCUT2D eigenvalue weighted by Crippen LogP contribution is 2.35. The molecule has 2 rings (SSSR count). The number of halogens is 1. The Bertz CT molecular complexity index is 456. The minimum atomic E-state index is -0.315. The van der Waals surface area contributed by atoms with Gasteiger partial charge in [-0.15, -0.1) is 0 Å². The van der Waals surface area contributed by atoms with E-state index < -0.39 is 0 Å². The number of carbonyl (C=O) groups is 1. The Kier molecular flexibility index (Phi) is 4.38. The largest absolute Gasteiger partial charge is 0.294 e. The highest BCUT2D eigenvalue weighted by molar-refractivity contribution is 5.99. The third-order valence-electron chi connectivity index (χ3n) is 4.55. The first-order chi connectivity index (χ1) is 8.99. The molecule has 19 heavy (non-hydrogen) atoms. The van der Waals surface area contributed by atoms with Gasteiger partial charge < -0.3 is 0 Å². The second-order valence-electron chi connectivity index (χ2n) is 6.18. The fourth-order valence-corrected chi connectivity index (χ4v) is 3.13. The monoisotopic (exact) mass is 262 g/mol. The number of Topliss-reactive ketones (excluding diaryl/α,β-unsaturated/α-hetero) is 1. The van der Waals surface area contributed by atoms with Crippen LogP contribution >= 0.6 is 0 Å². The zero-order valence-electron chi connectivity index (χ0n) is 12.1. The SMILES string of the molecule is Cc1ccc(F)cc1C(=O)C1CCC(C(C)C)CC1. The van der Waals surface area contributed by atoms with Gasteiger partial charge in [0, 0.05) is 11.5 Å². The van der Waals surface area contributed by atoms with Crippen LogP contribution < -0.4 is 0 Å². The lowest BCUT2D eigenvalue weighted by atomic mass is 9.74. The molecule has 1 nitrogen and oxygen atoms in total. The number of hydrogen-bond acceptors (Lipinski definition) is 1. The Hall–Kier alpha value is -1.18. The summed E-state index contributed by atoms with van der Waals surface area (Å²) >= 11 is 0. The average Bonchev–Trinajstić information content (AvgIpc) is 2.41. The van der Waals surface area contributed by atoms with E-state index in [1.807, 2.05) is 6.92 Å². The lowest BCUT2D eigenvalue weighted by Crippen LogP contribution is -2.24. The van der Waals surface area contributed by atoms with Crippen molar-refractivity contribution in [3.05, 3.63) is 35.1 Å². The second-order valence-corrected chi connectivity index (χ2v) is 6.18. The summed E-state index contributed by atoms with van der Waals surface area (Å²) in [6.07, 6.45) is 4.17. The van der Waals surface area contributed by atoms with Crippen molar-refractivity contribution in [1.82, 2.24) is 0 Å². The number of benzene rings is 1. The van der Waals surface area contributed by atoms with E-state index in [9.17, 15) is 9.18 Å². The molecule has 104 valence electrons. The number of carbonyl (C=O) groups excluding carboxylic acids is 1. The first kappa shape index (κ1) is 14.2. The van der Waals surface area contributed by atoms with Crippen LogP contribution in [-0.4, -0.2) is 5.78 Å². The summed E-state index contributed by atoms with van der Waals surface area (Å²) in [5.41, 5.74) is 1.46. The Morgan fingerprint density at radius 1 is 1.21 bits per heavy atom. The Balaban J connectivity index is 2.07. The van der Waals surface area contributed by atoms with Crippen molar-refractivity contribution in [2.24, 2.45) is 17.8 Å². The second kappa shape index (κ2) is 5.85. The van der Waals surface area contributed by atoms with Crippen LogP contribution in [0, 0.1) is 30.5 Å². The maximum Gasteiger partial charge on any atom is 0.166 e. The van der Waals surface area contributed by atoms with Crippen molar-refractivity contribution >= 4 is 5.78 Å². The van der Waals surface area contributed by atoms with Gasteiger partial charge in [-0.1, -0.05) is 19.9 Å². The molecule has 2 heteroatoms. The smallest absolute Gasteiger partial charge is 0.166 e. The normalized spacial score (nSPS) is 23.6. The summed E-state index contributed by atoms with van der Waals surface area (Å²) in [7, 11) is 0. The fraction of sp³-hybridized carbons (Fsp3) is 0.588. The summed E-state index contributed by atoms with van der Waals surface area (Å²) < 4.78 is 13.3. The molecule has 0 unspecified atom stereocenters. The van der Waals surface area contributed by atoms with Gasteiger partial charge in [0.2, 0.25) is 0 Å². The van der Waals surface area contributed by atoms with E-state index >= 15 is 0 Å². The molecule has 0 amide bonds. The standard InChI is InChI=1S/C17H23FO/c1-11(2)13-5-7-14(8-6-13)17(19)16-10-15(18)9-4-12(16)3/h4,9-11,13-14H,5-8H2,1-3H3. The molecule has 0 radical (unpaired) electrons. The molecular weight excluding hydrogens is 239 g/mol. The first-order valence-electron chi connectivity index (χ1n) is 7.29. The Morgan fingerprint density at radius 3 is 2.42 bits per heavy atom. The molecule has 1 aliphatic carbocycles. The van der Waals surface area contributed by atoms with Crippen LogP contribution in [0.15, 0.2) is 18.2 Å². The van der Waals surface area contributed by atoms with Gasteiger partial charge in [-0.25, -0.2) is 4.39 Å². The molecule has 1 aromatic rings. The first-order valence-corrected chi connectivity index (χ1v) is 7.29. The van der Waals surface area contributed by atoms with E-state index in [4.69, 9.17) is 0 Å². The molecule has 0 atom stereocenters. The predicted molar refractivity (Wildman–Crippen MR) is 75.8 cm³/mol. The lowest BCUT2D eigenvalue weighted by molar-refractivity contribution is 0.0858. The van der Waals surface area contributed by atoms with E-state index in [-0.39, 0.29) is 17.5 Å². The molecule has 0 bridgehead atoms. The summed E-state index contributed by atoms with van der Waals surface area (Å²) in [4.78, 5) is 12.5. The number of aryl methyl sites for hydroxylation is 1. The van der Waals surface area contributed by atoms with Crippen molar-refractivity contribution in [3.63, 3.8) is 0 Å². The zero-order chi connectivity index (χ0) is 14.0. The van der Waals surface area contributed by atoms with E-state index in [0.29, 0.717) is 11.5 Å². The van der Waals surface area contributed by atoms with Crippen LogP contribution in [0.3, 0.4) is 0 Å². The molecule has 0 heterocycles. The third kappa shape index (κ3) is 3.23. The van der Waals surface area contributed by atoms with E-state index in [1.54, 1.807) is 6.07 Å². The molecule has 1 aromatic carbocycles. The van der Waals surface area contributed by atoms with E-state index in [1.165, 1.54) is 12.1 Å². The maximum atomic E-state index is 13.3. The molecule has 0 spiro atoms. The molecule has 0 N–H and O–H groups in total. The van der Waals surface area contributed by atoms with E-state index in [0.717, 1.165) is 37.2 Å². The lowest BCUT2D eigenvalue weighted by Gasteiger charge is -2.30. The van der Waals surface area contributed by atoms with Crippen molar-refractivity contribution in [2.75, 3.05) is 0 Å². The molecular formula is C17H23FO. The van der Waals surface area contributed by atoms with Gasteiger partial charge in [-0.05, 0) is 62.1 Å². The molecule has 1 saturated carbocycles. The minimum absolute atomic E-state index is 0.0931. The Labute approximate surface area is 115 Å². The topological polar surface area (TPSA) is 17.1 Å². The number of ketones is 1. The van der Waals surface area contributed by atoms with Gasteiger partial charge >= 0.3 is 0 Å². The van der Waals surface area contributed by atoms with Crippen molar-refractivity contribution in [1.29, 1.82) is 0 Å². The molecule has 0 aliphatic heterocycles. The Morgan fingerprint density at radius 2 is 1.84 bits per heavy atom. The van der Waals surface area contributed by atoms with Crippen LogP contribution in [0.25, 0.3) is 0 Å². The van der Waals surface area contributed by atoms with Crippen LogP contribution in [-0.2, 0) is 0 Å². The van der Waals surface area contributed by atoms with Gasteiger partial charge in [0.25, 0.3) is 0 Å². The number of hydrogen-bond donors (Lipinski definition) is 0. The van der Waals surface area contributed by atoms with Crippen molar-refractivity contribution in [2.45, 2.75) is 46.5 Å². The van der Waals surface area contributed by atoms with Crippen LogP contribution in [0.4, 0.5) is 4.39 Å². The highest BCUT2D eigenvalue weighted by atomic mass is 19.1. The van der Waals surface area contributed by atoms with Crippen LogP contribution in [0.1, 0.15) is 55.5 Å². The zero-order valence-corrected chi connectivity index (χ0v) is 12.1. The highest BCUT2D eigenvalue weighted by Gasteiger charge is 2.28. The van der Waals surface area contributed by atoms with Crippen molar-refractivity contribution in [3.8, 4) is 0 Å². The molecule has 1 fully saturated rings. The van der Waals surface area contributed by atoms with E-state index in [2.05, 4.69) is 13.8 Å². The quantitative estimate of drug-likeness (QED) is 0.716. The van der Waals surface area contributed by atoms with Gasteiger partial charge in [0.05, 0.1) is 0 Å². The average molecular weight is 262 g/mol. The molecule has 0 saturated heterocycles. The number of rotatable bonds is 3. The van der Waals surface area contributed by atoms with Gasteiger partial charge in [0.15, 0.2) is 5.78 Å². The van der Waals surface area contributed by atoms with Gasteiger partial charge in [0.1, 0.15) is 5.82 Å². The predicted octanol–water partition coefficient (Wildman–Crippen LogP) is 4.78.